The van der Waals surface area contributed by atoms with E-state index < -0.39 is 0 Å². The Balaban J connectivity index is 1.87. The number of rotatable bonds is 5. The number of ether oxygens (including phenoxy) is 4. The van der Waals surface area contributed by atoms with Gasteiger partial charge in [0.25, 0.3) is 0 Å². The van der Waals surface area contributed by atoms with Crippen LogP contribution in [0.3, 0.4) is 0 Å². The summed E-state index contributed by atoms with van der Waals surface area (Å²) in [6, 6.07) is 10.1. The molecule has 1 aliphatic rings. The number of methoxy groups -OCH3 is 2. The van der Waals surface area contributed by atoms with E-state index in [4.69, 9.17) is 23.9 Å². The van der Waals surface area contributed by atoms with Crippen molar-refractivity contribution < 1.29 is 18.9 Å². The van der Waals surface area contributed by atoms with Crippen LogP contribution in [0.5, 0.6) is 23.0 Å². The van der Waals surface area contributed by atoms with E-state index in [2.05, 4.69) is 19.1 Å². The first-order chi connectivity index (χ1) is 12.7. The lowest BCUT2D eigenvalue weighted by molar-refractivity contribution is 0.174. The van der Waals surface area contributed by atoms with Gasteiger partial charge in [-0.15, -0.1) is 0 Å². The van der Waals surface area contributed by atoms with E-state index in [1.807, 2.05) is 24.4 Å². The second kappa shape index (κ2) is 6.75. The van der Waals surface area contributed by atoms with Crippen LogP contribution < -0.4 is 18.9 Å². The van der Waals surface area contributed by atoms with Crippen molar-refractivity contribution in [1.29, 1.82) is 0 Å². The molecule has 1 aliphatic heterocycles. The van der Waals surface area contributed by atoms with Gasteiger partial charge in [0.1, 0.15) is 0 Å². The number of fused-ring (bicyclic) bond motifs is 2. The molecule has 0 atom stereocenters. The third-order valence-electron chi connectivity index (χ3n) is 4.64. The van der Waals surface area contributed by atoms with Gasteiger partial charge in [-0.1, -0.05) is 19.4 Å². The molecule has 0 spiro atoms. The fourth-order valence-electron chi connectivity index (χ4n) is 3.39. The van der Waals surface area contributed by atoms with Crippen molar-refractivity contribution in [2.45, 2.75) is 19.8 Å². The Morgan fingerprint density at radius 1 is 1.04 bits per heavy atom. The monoisotopic (exact) mass is 351 g/mol. The summed E-state index contributed by atoms with van der Waals surface area (Å²) in [6.07, 6.45) is 3.84. The molecule has 5 nitrogen and oxygen atoms in total. The van der Waals surface area contributed by atoms with Gasteiger partial charge in [-0.25, -0.2) is 0 Å². The van der Waals surface area contributed by atoms with E-state index in [0.717, 1.165) is 46.4 Å². The van der Waals surface area contributed by atoms with E-state index in [1.54, 1.807) is 14.2 Å². The molecule has 4 rings (SSSR count). The molecular formula is C21H21NO4. The summed E-state index contributed by atoms with van der Waals surface area (Å²) in [5.41, 5.74) is 3.20. The van der Waals surface area contributed by atoms with Crippen LogP contribution in [-0.2, 0) is 6.42 Å². The van der Waals surface area contributed by atoms with E-state index in [-0.39, 0.29) is 6.79 Å². The fourth-order valence-corrected chi connectivity index (χ4v) is 3.39. The summed E-state index contributed by atoms with van der Waals surface area (Å²) in [7, 11) is 3.28. The first-order valence-corrected chi connectivity index (χ1v) is 8.68. The Morgan fingerprint density at radius 2 is 1.85 bits per heavy atom. The van der Waals surface area contributed by atoms with Crippen LogP contribution in [0.25, 0.3) is 22.0 Å². The third-order valence-corrected chi connectivity index (χ3v) is 4.64. The van der Waals surface area contributed by atoms with Crippen LogP contribution in [0.4, 0.5) is 0 Å². The molecule has 1 aromatic heterocycles. The molecular weight excluding hydrogens is 330 g/mol. The van der Waals surface area contributed by atoms with Crippen molar-refractivity contribution in [3.05, 3.63) is 42.1 Å². The van der Waals surface area contributed by atoms with Gasteiger partial charge in [0.2, 0.25) is 6.79 Å². The number of hydrogen-bond acceptors (Lipinski definition) is 5. The number of aryl methyl sites for hydroxylation is 1. The summed E-state index contributed by atoms with van der Waals surface area (Å²) in [4.78, 5) is 4.70. The maximum atomic E-state index is 5.56. The van der Waals surface area contributed by atoms with Gasteiger partial charge < -0.3 is 18.9 Å². The van der Waals surface area contributed by atoms with Crippen LogP contribution in [0, 0.1) is 0 Å². The topological polar surface area (TPSA) is 49.8 Å². The first-order valence-electron chi connectivity index (χ1n) is 8.68. The predicted octanol–water partition coefficient (Wildman–Crippen LogP) is 4.60. The smallest absolute Gasteiger partial charge is 0.231 e. The van der Waals surface area contributed by atoms with Crippen LogP contribution in [0.1, 0.15) is 18.9 Å². The van der Waals surface area contributed by atoms with E-state index in [0.29, 0.717) is 11.5 Å². The second-order valence-corrected chi connectivity index (χ2v) is 6.20. The summed E-state index contributed by atoms with van der Waals surface area (Å²) >= 11 is 0. The maximum Gasteiger partial charge on any atom is 0.231 e. The fraction of sp³-hybridized carbons (Fsp3) is 0.286. The molecule has 26 heavy (non-hydrogen) atoms. The molecule has 0 radical (unpaired) electrons. The molecule has 134 valence electrons. The van der Waals surface area contributed by atoms with Crippen molar-refractivity contribution in [2.75, 3.05) is 21.0 Å². The minimum Gasteiger partial charge on any atom is -0.493 e. The average molecular weight is 351 g/mol. The molecule has 0 bridgehead atoms. The quantitative estimate of drug-likeness (QED) is 0.672. The van der Waals surface area contributed by atoms with Crippen molar-refractivity contribution in [3.63, 3.8) is 0 Å². The number of aromatic nitrogens is 1. The van der Waals surface area contributed by atoms with Gasteiger partial charge in [-0.3, -0.25) is 4.98 Å². The molecule has 0 saturated carbocycles. The van der Waals surface area contributed by atoms with E-state index in [9.17, 15) is 0 Å². The lowest BCUT2D eigenvalue weighted by Gasteiger charge is -2.13. The number of benzene rings is 2. The second-order valence-electron chi connectivity index (χ2n) is 6.20. The highest BCUT2D eigenvalue weighted by atomic mass is 16.7. The minimum absolute atomic E-state index is 0.270. The minimum atomic E-state index is 0.270. The third kappa shape index (κ3) is 2.69. The standard InChI is InChI=1S/C21H21NO4/c1-4-5-13-9-19-20(26-12-25-19)10-15(13)17-8-14-6-7-18(23-2)21(24-3)16(14)11-22-17/h6-11H,4-5,12H2,1-3H3. The normalized spacial score (nSPS) is 12.4. The highest BCUT2D eigenvalue weighted by Crippen LogP contribution is 2.40. The Bertz CT molecular complexity index is 968. The Morgan fingerprint density at radius 3 is 2.58 bits per heavy atom. The lowest BCUT2D eigenvalue weighted by Crippen LogP contribution is -1.95. The molecule has 0 aliphatic carbocycles. The molecule has 0 unspecified atom stereocenters. The van der Waals surface area contributed by atoms with Crippen LogP contribution >= 0.6 is 0 Å². The molecule has 3 aromatic rings. The number of nitrogens with zero attached hydrogens (tertiary/aromatic N) is 1. The zero-order valence-corrected chi connectivity index (χ0v) is 15.2. The molecule has 0 saturated heterocycles. The van der Waals surface area contributed by atoms with Crippen molar-refractivity contribution in [1.82, 2.24) is 4.98 Å². The van der Waals surface area contributed by atoms with Gasteiger partial charge in [0, 0.05) is 17.1 Å². The summed E-state index contributed by atoms with van der Waals surface area (Å²) < 4.78 is 22.0. The van der Waals surface area contributed by atoms with Crippen molar-refractivity contribution in [2.24, 2.45) is 0 Å². The Hall–Kier alpha value is -2.95. The van der Waals surface area contributed by atoms with Gasteiger partial charge in [-0.2, -0.15) is 0 Å². The zero-order chi connectivity index (χ0) is 18.1. The SMILES string of the molecule is CCCc1cc2c(cc1-c1cc3ccc(OC)c(OC)c3cn1)OCO2. The van der Waals surface area contributed by atoms with E-state index >= 15 is 0 Å². The van der Waals surface area contributed by atoms with Gasteiger partial charge in [-0.05, 0) is 41.6 Å². The molecule has 2 heterocycles. The van der Waals surface area contributed by atoms with Crippen LogP contribution in [0.15, 0.2) is 36.5 Å². The maximum absolute atomic E-state index is 5.56. The van der Waals surface area contributed by atoms with Crippen molar-refractivity contribution in [3.8, 4) is 34.3 Å². The number of hydrogen-bond donors (Lipinski definition) is 0. The van der Waals surface area contributed by atoms with Gasteiger partial charge in [0.15, 0.2) is 23.0 Å². The summed E-state index contributed by atoms with van der Waals surface area (Å²) in [5, 5.41) is 1.97. The molecule has 0 amide bonds. The lowest BCUT2D eigenvalue weighted by atomic mass is 9.98. The Kier molecular flexibility index (Phi) is 4.29. The molecule has 0 fully saturated rings. The van der Waals surface area contributed by atoms with Crippen LogP contribution in [-0.4, -0.2) is 26.0 Å². The highest BCUT2D eigenvalue weighted by Gasteiger charge is 2.19. The average Bonchev–Trinajstić information content (AvgIpc) is 3.13. The van der Waals surface area contributed by atoms with Gasteiger partial charge in [0.05, 0.1) is 19.9 Å². The summed E-state index contributed by atoms with van der Waals surface area (Å²) in [6.45, 7) is 2.44. The van der Waals surface area contributed by atoms with Gasteiger partial charge >= 0.3 is 0 Å². The molecule has 0 N–H and O–H groups in total. The highest BCUT2D eigenvalue weighted by molar-refractivity contribution is 5.92. The zero-order valence-electron chi connectivity index (χ0n) is 15.2. The molecule has 5 heteroatoms. The van der Waals surface area contributed by atoms with Crippen LogP contribution in [0.2, 0.25) is 0 Å². The largest absolute Gasteiger partial charge is 0.493 e. The summed E-state index contributed by atoms with van der Waals surface area (Å²) in [5.74, 6) is 2.98. The first kappa shape index (κ1) is 16.5. The molecule has 2 aromatic carbocycles. The number of pyridine rings is 1. The predicted molar refractivity (Wildman–Crippen MR) is 100 cm³/mol. The van der Waals surface area contributed by atoms with E-state index in [1.165, 1.54) is 5.56 Å². The van der Waals surface area contributed by atoms with Crippen molar-refractivity contribution >= 4 is 10.8 Å². The Labute approximate surface area is 152 Å².